The lowest BCUT2D eigenvalue weighted by molar-refractivity contribution is 0.547. The summed E-state index contributed by atoms with van der Waals surface area (Å²) in [6.45, 7) is 12.7. The number of hydrogen-bond donors (Lipinski definition) is 0. The molecule has 0 fully saturated rings. The Balaban J connectivity index is 0.000000921. The number of benzene rings is 1. The monoisotopic (exact) mass is 204 g/mol. The average molecular weight is 204 g/mol. The van der Waals surface area contributed by atoms with E-state index in [1.54, 1.807) is 0 Å². The second-order valence-corrected chi connectivity index (χ2v) is 4.61. The van der Waals surface area contributed by atoms with Crippen molar-refractivity contribution in [1.82, 2.24) is 0 Å². The fourth-order valence-electron chi connectivity index (χ4n) is 1.02. The van der Waals surface area contributed by atoms with Gasteiger partial charge in [-0.15, -0.1) is 0 Å². The standard InChI is InChI=1S/C13H18.C2H6/c1-11-5-7-12(8-6-11)9-10-13(2,3)4;1-2/h5-10H,1-4H3;1-2H3/b10-9+;. The third kappa shape index (κ3) is 6.96. The van der Waals surface area contributed by atoms with E-state index in [0.717, 1.165) is 0 Å². The van der Waals surface area contributed by atoms with Crippen LogP contribution < -0.4 is 0 Å². The highest BCUT2D eigenvalue weighted by atomic mass is 14.1. The highest BCUT2D eigenvalue weighted by Crippen LogP contribution is 2.17. The van der Waals surface area contributed by atoms with Gasteiger partial charge in [0.15, 0.2) is 0 Å². The van der Waals surface area contributed by atoms with Gasteiger partial charge in [0.25, 0.3) is 0 Å². The minimum absolute atomic E-state index is 0.269. The zero-order valence-electron chi connectivity index (χ0n) is 11.0. The Morgan fingerprint density at radius 1 is 0.933 bits per heavy atom. The van der Waals surface area contributed by atoms with Gasteiger partial charge in [0.1, 0.15) is 0 Å². The molecule has 0 radical (unpaired) electrons. The highest BCUT2D eigenvalue weighted by Gasteiger charge is 2.02. The molecule has 0 bridgehead atoms. The molecule has 1 rings (SSSR count). The summed E-state index contributed by atoms with van der Waals surface area (Å²) in [5.74, 6) is 0. The SMILES string of the molecule is CC.Cc1ccc(/C=C/C(C)(C)C)cc1. The van der Waals surface area contributed by atoms with E-state index in [9.17, 15) is 0 Å². The maximum absolute atomic E-state index is 2.23. The highest BCUT2D eigenvalue weighted by molar-refractivity contribution is 5.50. The van der Waals surface area contributed by atoms with Gasteiger partial charge in [0.05, 0.1) is 0 Å². The molecule has 0 aliphatic rings. The minimum atomic E-state index is 0.269. The molecule has 1 aromatic carbocycles. The summed E-state index contributed by atoms with van der Waals surface area (Å²) in [5, 5.41) is 0. The normalized spacial score (nSPS) is 11.1. The first-order valence-corrected chi connectivity index (χ1v) is 5.73. The van der Waals surface area contributed by atoms with Gasteiger partial charge >= 0.3 is 0 Å². The molecule has 0 spiro atoms. The Bertz CT molecular complexity index is 283. The van der Waals surface area contributed by atoms with Gasteiger partial charge in [-0.25, -0.2) is 0 Å². The van der Waals surface area contributed by atoms with Gasteiger partial charge in [-0.3, -0.25) is 0 Å². The van der Waals surface area contributed by atoms with Crippen molar-refractivity contribution in [3.63, 3.8) is 0 Å². The molecule has 0 aliphatic heterocycles. The molecule has 0 aliphatic carbocycles. The molecular weight excluding hydrogens is 180 g/mol. The Hall–Kier alpha value is -1.04. The van der Waals surface area contributed by atoms with Crippen LogP contribution in [0.25, 0.3) is 6.08 Å². The molecule has 0 aromatic heterocycles. The van der Waals surface area contributed by atoms with Crippen LogP contribution in [0, 0.1) is 12.3 Å². The molecule has 84 valence electrons. The van der Waals surface area contributed by atoms with Crippen molar-refractivity contribution in [2.45, 2.75) is 41.5 Å². The van der Waals surface area contributed by atoms with Gasteiger partial charge < -0.3 is 0 Å². The Kier molecular flexibility index (Phi) is 6.00. The molecular formula is C15H24. The van der Waals surface area contributed by atoms with E-state index in [0.29, 0.717) is 0 Å². The summed E-state index contributed by atoms with van der Waals surface area (Å²) in [7, 11) is 0. The minimum Gasteiger partial charge on any atom is -0.0785 e. The van der Waals surface area contributed by atoms with E-state index in [2.05, 4.69) is 64.1 Å². The zero-order chi connectivity index (χ0) is 11.9. The Morgan fingerprint density at radius 2 is 1.40 bits per heavy atom. The molecule has 0 heterocycles. The zero-order valence-corrected chi connectivity index (χ0v) is 11.0. The van der Waals surface area contributed by atoms with Crippen molar-refractivity contribution in [2.75, 3.05) is 0 Å². The number of allylic oxidation sites excluding steroid dienone is 1. The largest absolute Gasteiger partial charge is 0.0785 e. The maximum Gasteiger partial charge on any atom is -0.0200 e. The quantitative estimate of drug-likeness (QED) is 0.598. The van der Waals surface area contributed by atoms with E-state index in [1.807, 2.05) is 13.8 Å². The van der Waals surface area contributed by atoms with E-state index in [-0.39, 0.29) is 5.41 Å². The lowest BCUT2D eigenvalue weighted by Crippen LogP contribution is -1.97. The third-order valence-corrected chi connectivity index (χ3v) is 1.85. The molecule has 0 saturated heterocycles. The van der Waals surface area contributed by atoms with E-state index >= 15 is 0 Å². The molecule has 0 N–H and O–H groups in total. The molecule has 0 unspecified atom stereocenters. The van der Waals surface area contributed by atoms with E-state index < -0.39 is 0 Å². The topological polar surface area (TPSA) is 0 Å². The third-order valence-electron chi connectivity index (χ3n) is 1.85. The van der Waals surface area contributed by atoms with Crippen LogP contribution >= 0.6 is 0 Å². The van der Waals surface area contributed by atoms with Crippen molar-refractivity contribution in [3.8, 4) is 0 Å². The maximum atomic E-state index is 2.23. The molecule has 0 atom stereocenters. The fourth-order valence-corrected chi connectivity index (χ4v) is 1.02. The lowest BCUT2D eigenvalue weighted by atomic mass is 9.95. The van der Waals surface area contributed by atoms with Crippen LogP contribution in [0.5, 0.6) is 0 Å². The second kappa shape index (κ2) is 6.44. The van der Waals surface area contributed by atoms with Crippen LogP contribution in [0.3, 0.4) is 0 Å². The van der Waals surface area contributed by atoms with Crippen molar-refractivity contribution >= 4 is 6.08 Å². The number of rotatable bonds is 1. The van der Waals surface area contributed by atoms with Gasteiger partial charge in [-0.1, -0.05) is 76.6 Å². The Labute approximate surface area is 95.0 Å². The summed E-state index contributed by atoms with van der Waals surface area (Å²) in [5.41, 5.74) is 2.86. The van der Waals surface area contributed by atoms with Gasteiger partial charge in [-0.2, -0.15) is 0 Å². The first-order chi connectivity index (χ1) is 6.97. The molecule has 0 saturated carbocycles. The lowest BCUT2D eigenvalue weighted by Gasteiger charge is -2.10. The van der Waals surface area contributed by atoms with Crippen LogP contribution in [0.15, 0.2) is 30.3 Å². The van der Waals surface area contributed by atoms with E-state index in [1.165, 1.54) is 11.1 Å². The molecule has 0 heteroatoms. The second-order valence-electron chi connectivity index (χ2n) is 4.61. The molecule has 15 heavy (non-hydrogen) atoms. The molecule has 1 aromatic rings. The van der Waals surface area contributed by atoms with Crippen molar-refractivity contribution < 1.29 is 0 Å². The van der Waals surface area contributed by atoms with Crippen LogP contribution in [-0.4, -0.2) is 0 Å². The van der Waals surface area contributed by atoms with Crippen molar-refractivity contribution in [1.29, 1.82) is 0 Å². The van der Waals surface area contributed by atoms with Crippen LogP contribution in [-0.2, 0) is 0 Å². The fraction of sp³-hybridized carbons (Fsp3) is 0.467. The predicted octanol–water partition coefficient (Wildman–Crippen LogP) is 5.08. The summed E-state index contributed by atoms with van der Waals surface area (Å²) in [6, 6.07) is 8.58. The van der Waals surface area contributed by atoms with Gasteiger partial charge in [0, 0.05) is 0 Å². The summed E-state index contributed by atoms with van der Waals surface area (Å²) < 4.78 is 0. The average Bonchev–Trinajstić information content (AvgIpc) is 2.19. The Morgan fingerprint density at radius 3 is 1.80 bits per heavy atom. The van der Waals surface area contributed by atoms with Crippen LogP contribution in [0.4, 0.5) is 0 Å². The summed E-state index contributed by atoms with van der Waals surface area (Å²) in [4.78, 5) is 0. The van der Waals surface area contributed by atoms with E-state index in [4.69, 9.17) is 0 Å². The van der Waals surface area contributed by atoms with Gasteiger partial charge in [-0.05, 0) is 17.9 Å². The van der Waals surface area contributed by atoms with Crippen molar-refractivity contribution in [3.05, 3.63) is 41.5 Å². The predicted molar refractivity (Wildman–Crippen MR) is 71.0 cm³/mol. The van der Waals surface area contributed by atoms with Gasteiger partial charge in [0.2, 0.25) is 0 Å². The summed E-state index contributed by atoms with van der Waals surface area (Å²) in [6.07, 6.45) is 4.41. The number of aryl methyl sites for hydroxylation is 1. The van der Waals surface area contributed by atoms with Crippen molar-refractivity contribution in [2.24, 2.45) is 5.41 Å². The van der Waals surface area contributed by atoms with Crippen LogP contribution in [0.2, 0.25) is 0 Å². The molecule has 0 nitrogen and oxygen atoms in total. The smallest absolute Gasteiger partial charge is 0.0200 e. The van der Waals surface area contributed by atoms with Crippen LogP contribution in [0.1, 0.15) is 45.7 Å². The molecule has 0 amide bonds. The summed E-state index contributed by atoms with van der Waals surface area (Å²) >= 11 is 0. The number of hydrogen-bond acceptors (Lipinski definition) is 0. The first-order valence-electron chi connectivity index (χ1n) is 5.73. The first kappa shape index (κ1) is 14.0.